The molecule has 0 fully saturated rings. The lowest BCUT2D eigenvalue weighted by atomic mass is 10.0. The van der Waals surface area contributed by atoms with Gasteiger partial charge >= 0.3 is 0 Å². The van der Waals surface area contributed by atoms with Crippen LogP contribution in [0.4, 0.5) is 8.78 Å². The monoisotopic (exact) mass is 351 g/mol. The highest BCUT2D eigenvalue weighted by atomic mass is 19.1. The number of rotatable bonds is 4. The van der Waals surface area contributed by atoms with Crippen molar-refractivity contribution in [2.75, 3.05) is 13.2 Å². The van der Waals surface area contributed by atoms with E-state index in [4.69, 9.17) is 19.9 Å². The van der Waals surface area contributed by atoms with Gasteiger partial charge in [0.2, 0.25) is 0 Å². The van der Waals surface area contributed by atoms with Crippen LogP contribution in [0.25, 0.3) is 11.1 Å². The minimum Gasteiger partial charge on any atom is -0.490 e. The summed E-state index contributed by atoms with van der Waals surface area (Å²) < 4.78 is 44.7. The van der Waals surface area contributed by atoms with Crippen molar-refractivity contribution in [3.05, 3.63) is 42.0 Å². The Morgan fingerprint density at radius 1 is 1.16 bits per heavy atom. The zero-order valence-electron chi connectivity index (χ0n) is 13.5. The minimum atomic E-state index is -0.474. The Balaban J connectivity index is 0.00000225. The maximum Gasteiger partial charge on any atom is 0.170 e. The third kappa shape index (κ3) is 4.02. The van der Waals surface area contributed by atoms with Gasteiger partial charge in [0, 0.05) is 29.8 Å². The van der Waals surface area contributed by atoms with Gasteiger partial charge in [-0.2, -0.15) is 0 Å². The first-order chi connectivity index (χ1) is 11.5. The second-order valence-electron chi connectivity index (χ2n) is 5.87. The number of benzene rings is 2. The van der Waals surface area contributed by atoms with Crippen LogP contribution in [-0.2, 0) is 0 Å². The van der Waals surface area contributed by atoms with Crippen molar-refractivity contribution in [1.29, 1.82) is 0 Å². The van der Waals surface area contributed by atoms with Crippen LogP contribution >= 0.6 is 0 Å². The van der Waals surface area contributed by atoms with E-state index in [1.165, 1.54) is 30.3 Å². The second kappa shape index (κ2) is 7.70. The zero-order chi connectivity index (χ0) is 17.3. The average Bonchev–Trinajstić information content (AvgIpc) is 2.53. The molecule has 0 amide bonds. The molecular weight excluding hydrogens is 328 g/mol. The van der Waals surface area contributed by atoms with E-state index in [1.54, 1.807) is 0 Å². The Morgan fingerprint density at radius 2 is 1.92 bits per heavy atom. The Morgan fingerprint density at radius 3 is 2.60 bits per heavy atom. The van der Waals surface area contributed by atoms with Crippen molar-refractivity contribution in [3.63, 3.8) is 0 Å². The number of halogens is 2. The van der Waals surface area contributed by atoms with Gasteiger partial charge in [0.1, 0.15) is 30.1 Å². The number of hydrogen-bond donors (Lipinski definition) is 1. The molecule has 0 aliphatic carbocycles. The molecule has 1 aliphatic heterocycles. The van der Waals surface area contributed by atoms with Crippen molar-refractivity contribution in [1.82, 2.24) is 0 Å². The van der Waals surface area contributed by atoms with E-state index in [1.807, 2.05) is 13.8 Å². The Kier molecular flexibility index (Phi) is 5.85. The molecule has 136 valence electrons. The van der Waals surface area contributed by atoms with E-state index < -0.39 is 11.6 Å². The molecule has 0 spiro atoms. The quantitative estimate of drug-likeness (QED) is 0.899. The molecule has 2 aromatic carbocycles. The summed E-state index contributed by atoms with van der Waals surface area (Å²) >= 11 is 0. The SMILES string of the molecule is C.CC(C)Oc1cc(F)ccc1-c1cc(F)cc2c1O[C@@H](CN)CO2. The van der Waals surface area contributed by atoms with Crippen LogP contribution in [0.2, 0.25) is 0 Å². The molecule has 2 aromatic rings. The van der Waals surface area contributed by atoms with Gasteiger partial charge in [-0.25, -0.2) is 8.78 Å². The lowest BCUT2D eigenvalue weighted by Crippen LogP contribution is -2.36. The predicted molar refractivity (Wildman–Crippen MR) is 93.3 cm³/mol. The number of hydrogen-bond acceptors (Lipinski definition) is 4. The Hall–Kier alpha value is -2.34. The molecule has 1 atom stereocenters. The molecule has 0 radical (unpaired) electrons. The van der Waals surface area contributed by atoms with Gasteiger partial charge in [0.15, 0.2) is 11.5 Å². The van der Waals surface area contributed by atoms with Crippen LogP contribution in [0.5, 0.6) is 17.2 Å². The maximum atomic E-state index is 14.0. The van der Waals surface area contributed by atoms with Crippen molar-refractivity contribution in [3.8, 4) is 28.4 Å². The van der Waals surface area contributed by atoms with E-state index in [2.05, 4.69) is 0 Å². The maximum absolute atomic E-state index is 14.0. The average molecular weight is 351 g/mol. The molecule has 0 saturated heterocycles. The highest BCUT2D eigenvalue weighted by molar-refractivity contribution is 5.78. The van der Waals surface area contributed by atoms with Crippen LogP contribution in [0.15, 0.2) is 30.3 Å². The van der Waals surface area contributed by atoms with Crippen LogP contribution in [0.1, 0.15) is 21.3 Å². The highest BCUT2D eigenvalue weighted by Gasteiger charge is 2.26. The van der Waals surface area contributed by atoms with Gasteiger partial charge in [-0.1, -0.05) is 7.43 Å². The van der Waals surface area contributed by atoms with E-state index in [0.717, 1.165) is 0 Å². The van der Waals surface area contributed by atoms with E-state index in [9.17, 15) is 8.78 Å². The van der Waals surface area contributed by atoms with Gasteiger partial charge < -0.3 is 19.9 Å². The van der Waals surface area contributed by atoms with Crippen LogP contribution < -0.4 is 19.9 Å². The first-order valence-corrected chi connectivity index (χ1v) is 7.77. The van der Waals surface area contributed by atoms with Gasteiger partial charge in [-0.3, -0.25) is 0 Å². The van der Waals surface area contributed by atoms with E-state index >= 15 is 0 Å². The number of fused-ring (bicyclic) bond motifs is 1. The summed E-state index contributed by atoms with van der Waals surface area (Å²) in [5, 5.41) is 0. The third-order valence-electron chi connectivity index (χ3n) is 3.59. The van der Waals surface area contributed by atoms with Crippen LogP contribution in [0, 0.1) is 11.6 Å². The first kappa shape index (κ1) is 19.0. The fraction of sp³-hybridized carbons (Fsp3) is 0.368. The lowest BCUT2D eigenvalue weighted by molar-refractivity contribution is 0.0971. The fourth-order valence-corrected chi connectivity index (χ4v) is 2.57. The fourth-order valence-electron chi connectivity index (χ4n) is 2.57. The third-order valence-corrected chi connectivity index (χ3v) is 3.59. The summed E-state index contributed by atoms with van der Waals surface area (Å²) in [4.78, 5) is 0. The van der Waals surface area contributed by atoms with Gasteiger partial charge in [-0.05, 0) is 32.0 Å². The second-order valence-corrected chi connectivity index (χ2v) is 5.87. The summed E-state index contributed by atoms with van der Waals surface area (Å²) in [6, 6.07) is 6.69. The number of nitrogens with two attached hydrogens (primary N) is 1. The molecule has 0 unspecified atom stereocenters. The molecular formula is C19H23F2NO3. The predicted octanol–water partition coefficient (Wildman–Crippen LogP) is 4.15. The Bertz CT molecular complexity index is 750. The first-order valence-electron chi connectivity index (χ1n) is 7.77. The largest absolute Gasteiger partial charge is 0.490 e. The van der Waals surface area contributed by atoms with Crippen LogP contribution in [-0.4, -0.2) is 25.4 Å². The molecule has 2 N–H and O–H groups in total. The highest BCUT2D eigenvalue weighted by Crippen LogP contribution is 2.45. The summed E-state index contributed by atoms with van der Waals surface area (Å²) in [6.07, 6.45) is -0.486. The molecule has 0 bridgehead atoms. The smallest absolute Gasteiger partial charge is 0.170 e. The lowest BCUT2D eigenvalue weighted by Gasteiger charge is -2.28. The molecule has 3 rings (SSSR count). The standard InChI is InChI=1S/C18H19F2NO3.CH4/c1-10(2)23-16-6-11(19)3-4-14(16)15-5-12(20)7-17-18(15)24-13(8-21)9-22-17;/h3-7,10,13H,8-9,21H2,1-2H3;1H4/t13-;/m0./s1. The molecule has 1 heterocycles. The normalized spacial score (nSPS) is 15.7. The summed E-state index contributed by atoms with van der Waals surface area (Å²) in [7, 11) is 0. The summed E-state index contributed by atoms with van der Waals surface area (Å²) in [5.74, 6) is 0.0964. The molecule has 0 aromatic heterocycles. The zero-order valence-corrected chi connectivity index (χ0v) is 13.5. The molecule has 25 heavy (non-hydrogen) atoms. The summed E-state index contributed by atoms with van der Waals surface area (Å²) in [5.41, 5.74) is 6.61. The minimum absolute atomic E-state index is 0. The van der Waals surface area contributed by atoms with Crippen molar-refractivity contribution < 1.29 is 23.0 Å². The van der Waals surface area contributed by atoms with E-state index in [0.29, 0.717) is 28.4 Å². The molecule has 1 aliphatic rings. The van der Waals surface area contributed by atoms with Crippen molar-refractivity contribution in [2.45, 2.75) is 33.5 Å². The van der Waals surface area contributed by atoms with Crippen LogP contribution in [0.3, 0.4) is 0 Å². The van der Waals surface area contributed by atoms with Crippen molar-refractivity contribution in [2.24, 2.45) is 5.73 Å². The van der Waals surface area contributed by atoms with Gasteiger partial charge in [-0.15, -0.1) is 0 Å². The summed E-state index contributed by atoms with van der Waals surface area (Å²) in [6.45, 7) is 4.19. The Labute approximate surface area is 146 Å². The molecule has 4 nitrogen and oxygen atoms in total. The topological polar surface area (TPSA) is 53.7 Å². The van der Waals surface area contributed by atoms with Gasteiger partial charge in [0.25, 0.3) is 0 Å². The van der Waals surface area contributed by atoms with Gasteiger partial charge in [0.05, 0.1) is 6.10 Å². The van der Waals surface area contributed by atoms with Crippen molar-refractivity contribution >= 4 is 0 Å². The van der Waals surface area contributed by atoms with E-state index in [-0.39, 0.29) is 32.8 Å². The number of ether oxygens (including phenoxy) is 3. The molecule has 0 saturated carbocycles. The molecule has 6 heteroatoms.